The van der Waals surface area contributed by atoms with Crippen LogP contribution in [0.15, 0.2) is 6.33 Å². The molecule has 2 N–H and O–H groups in total. The summed E-state index contributed by atoms with van der Waals surface area (Å²) < 4.78 is 0. The Morgan fingerprint density at radius 3 is 2.74 bits per heavy atom. The Morgan fingerprint density at radius 1 is 1.53 bits per heavy atom. The van der Waals surface area contributed by atoms with Gasteiger partial charge >= 0.3 is 5.69 Å². The lowest BCUT2D eigenvalue weighted by atomic mass is 10.3. The molecule has 1 aromatic heterocycles. The van der Waals surface area contributed by atoms with Gasteiger partial charge in [0.25, 0.3) is 0 Å². The van der Waals surface area contributed by atoms with Crippen LogP contribution in [0.25, 0.3) is 0 Å². The maximum atomic E-state index is 11.3. The lowest BCUT2D eigenvalue weighted by Gasteiger charge is -2.17. The maximum absolute atomic E-state index is 11.3. The number of carbonyl (C=O) groups is 1. The molecule has 9 heteroatoms. The van der Waals surface area contributed by atoms with Gasteiger partial charge in [0.15, 0.2) is 0 Å². The molecule has 19 heavy (non-hydrogen) atoms. The number of anilines is 2. The molecule has 0 atom stereocenters. The normalized spacial score (nSPS) is 9.84. The number of aromatic nitrogens is 2. The summed E-state index contributed by atoms with van der Waals surface area (Å²) in [5, 5.41) is 16.4. The monoisotopic (exact) mass is 268 g/mol. The molecular weight excluding hydrogens is 252 g/mol. The van der Waals surface area contributed by atoms with Crippen molar-refractivity contribution in [1.82, 2.24) is 15.3 Å². The third-order valence-electron chi connectivity index (χ3n) is 2.35. The van der Waals surface area contributed by atoms with Crippen molar-refractivity contribution in [1.29, 1.82) is 0 Å². The summed E-state index contributed by atoms with van der Waals surface area (Å²) in [7, 11) is 3.05. The van der Waals surface area contributed by atoms with Crippen LogP contribution in [0.3, 0.4) is 0 Å². The van der Waals surface area contributed by atoms with Gasteiger partial charge in [0.2, 0.25) is 17.5 Å². The van der Waals surface area contributed by atoms with Crippen molar-refractivity contribution in [2.45, 2.75) is 6.92 Å². The Labute approximate surface area is 110 Å². The van der Waals surface area contributed by atoms with Gasteiger partial charge in [-0.15, -0.1) is 0 Å². The van der Waals surface area contributed by atoms with Gasteiger partial charge in [0, 0.05) is 20.6 Å². The summed E-state index contributed by atoms with van der Waals surface area (Å²) in [6.07, 6.45) is 1.22. The van der Waals surface area contributed by atoms with E-state index in [-0.39, 0.29) is 29.8 Å². The van der Waals surface area contributed by atoms with Gasteiger partial charge in [-0.05, 0) is 6.92 Å². The summed E-state index contributed by atoms with van der Waals surface area (Å²) >= 11 is 0. The van der Waals surface area contributed by atoms with Crippen LogP contribution in [0.2, 0.25) is 0 Å². The first-order chi connectivity index (χ1) is 9.01. The highest BCUT2D eigenvalue weighted by molar-refractivity contribution is 5.82. The molecule has 0 aliphatic rings. The smallest absolute Gasteiger partial charge is 0.353 e. The van der Waals surface area contributed by atoms with E-state index in [0.717, 1.165) is 0 Å². The SMILES string of the molecule is CCNc1ncnc(N(C)CC(=O)NC)c1[N+](=O)[O-]. The minimum Gasteiger partial charge on any atom is -0.364 e. The van der Waals surface area contributed by atoms with Crippen molar-refractivity contribution in [2.24, 2.45) is 0 Å². The van der Waals surface area contributed by atoms with Crippen LogP contribution in [-0.4, -0.2) is 48.0 Å². The molecule has 0 bridgehead atoms. The molecule has 1 aromatic rings. The molecule has 1 heterocycles. The topological polar surface area (TPSA) is 113 Å². The van der Waals surface area contributed by atoms with Crippen molar-refractivity contribution in [3.05, 3.63) is 16.4 Å². The van der Waals surface area contributed by atoms with Crippen LogP contribution in [0.5, 0.6) is 0 Å². The van der Waals surface area contributed by atoms with Crippen molar-refractivity contribution in [2.75, 3.05) is 37.4 Å². The highest BCUT2D eigenvalue weighted by Gasteiger charge is 2.25. The molecule has 1 rings (SSSR count). The van der Waals surface area contributed by atoms with Crippen LogP contribution >= 0.6 is 0 Å². The van der Waals surface area contributed by atoms with Gasteiger partial charge in [-0.2, -0.15) is 0 Å². The minimum absolute atomic E-state index is 0.0279. The molecule has 0 aromatic carbocycles. The zero-order valence-electron chi connectivity index (χ0n) is 11.0. The molecule has 0 fully saturated rings. The van der Waals surface area contributed by atoms with Gasteiger partial charge in [-0.3, -0.25) is 14.9 Å². The molecule has 0 saturated heterocycles. The molecule has 0 aliphatic carbocycles. The molecule has 0 unspecified atom stereocenters. The van der Waals surface area contributed by atoms with Crippen LogP contribution in [-0.2, 0) is 4.79 Å². The van der Waals surface area contributed by atoms with Crippen molar-refractivity contribution in [3.63, 3.8) is 0 Å². The van der Waals surface area contributed by atoms with E-state index in [1.807, 2.05) is 0 Å². The zero-order valence-corrected chi connectivity index (χ0v) is 11.0. The van der Waals surface area contributed by atoms with Crippen molar-refractivity contribution >= 4 is 23.2 Å². The minimum atomic E-state index is -0.562. The summed E-state index contributed by atoms with van der Waals surface area (Å²) in [6.45, 7) is 2.27. The summed E-state index contributed by atoms with van der Waals surface area (Å²) in [5.74, 6) is -0.0267. The van der Waals surface area contributed by atoms with Gasteiger partial charge in [0.1, 0.15) is 6.33 Å². The molecule has 1 amide bonds. The fourth-order valence-corrected chi connectivity index (χ4v) is 1.48. The fraction of sp³-hybridized carbons (Fsp3) is 0.500. The van der Waals surface area contributed by atoms with Gasteiger partial charge in [-0.1, -0.05) is 0 Å². The second-order valence-electron chi connectivity index (χ2n) is 3.71. The predicted molar refractivity (Wildman–Crippen MR) is 70.2 cm³/mol. The molecule has 0 saturated carbocycles. The van der Waals surface area contributed by atoms with Crippen molar-refractivity contribution in [3.8, 4) is 0 Å². The number of rotatable bonds is 6. The molecule has 0 radical (unpaired) electrons. The van der Waals surface area contributed by atoms with E-state index in [9.17, 15) is 14.9 Å². The largest absolute Gasteiger partial charge is 0.364 e. The number of amides is 1. The first-order valence-corrected chi connectivity index (χ1v) is 5.66. The third kappa shape index (κ3) is 3.50. The standard InChI is InChI=1S/C10H16N6O3/c1-4-12-9-8(16(18)19)10(14-6-13-9)15(3)5-7(17)11-2/h6H,4-5H2,1-3H3,(H,11,17)(H,12,13,14). The number of nitro groups is 1. The Balaban J connectivity index is 3.15. The summed E-state index contributed by atoms with van der Waals surface area (Å²) in [5.41, 5.74) is -0.240. The Bertz CT molecular complexity index is 478. The van der Waals surface area contributed by atoms with E-state index >= 15 is 0 Å². The van der Waals surface area contributed by atoms with Gasteiger partial charge < -0.3 is 15.5 Å². The summed E-state index contributed by atoms with van der Waals surface area (Å²) in [6, 6.07) is 0. The van der Waals surface area contributed by atoms with E-state index in [0.29, 0.717) is 6.54 Å². The molecule has 9 nitrogen and oxygen atoms in total. The van der Waals surface area contributed by atoms with E-state index in [1.165, 1.54) is 18.3 Å². The van der Waals surface area contributed by atoms with Crippen LogP contribution in [0, 0.1) is 10.1 Å². The van der Waals surface area contributed by atoms with E-state index in [1.54, 1.807) is 14.0 Å². The maximum Gasteiger partial charge on any atom is 0.353 e. The van der Waals surface area contributed by atoms with Crippen LogP contribution < -0.4 is 15.5 Å². The lowest BCUT2D eigenvalue weighted by Crippen LogP contribution is -2.33. The molecule has 0 aliphatic heterocycles. The fourth-order valence-electron chi connectivity index (χ4n) is 1.48. The number of nitrogens with zero attached hydrogens (tertiary/aromatic N) is 4. The number of nitrogens with one attached hydrogen (secondary N) is 2. The number of likely N-dealkylation sites (N-methyl/N-ethyl adjacent to an activating group) is 2. The Morgan fingerprint density at radius 2 is 2.21 bits per heavy atom. The van der Waals surface area contributed by atoms with Crippen molar-refractivity contribution < 1.29 is 9.72 Å². The zero-order chi connectivity index (χ0) is 14.4. The predicted octanol–water partition coefficient (Wildman–Crippen LogP) is -0.00120. The lowest BCUT2D eigenvalue weighted by molar-refractivity contribution is -0.383. The van der Waals surface area contributed by atoms with Crippen LogP contribution in [0.1, 0.15) is 6.92 Å². The third-order valence-corrected chi connectivity index (χ3v) is 2.35. The van der Waals surface area contributed by atoms with E-state index < -0.39 is 4.92 Å². The highest BCUT2D eigenvalue weighted by atomic mass is 16.6. The van der Waals surface area contributed by atoms with E-state index in [4.69, 9.17) is 0 Å². The molecule has 104 valence electrons. The molecule has 0 spiro atoms. The van der Waals surface area contributed by atoms with Crippen LogP contribution in [0.4, 0.5) is 17.3 Å². The highest BCUT2D eigenvalue weighted by Crippen LogP contribution is 2.30. The summed E-state index contributed by atoms with van der Waals surface area (Å²) in [4.78, 5) is 31.0. The van der Waals surface area contributed by atoms with Gasteiger partial charge in [-0.25, -0.2) is 9.97 Å². The number of hydrogen-bond donors (Lipinski definition) is 2. The quantitative estimate of drug-likeness (QED) is 0.551. The Hall–Kier alpha value is -2.45. The first kappa shape index (κ1) is 14.6. The molecular formula is C10H16N6O3. The average molecular weight is 268 g/mol. The first-order valence-electron chi connectivity index (χ1n) is 5.66. The van der Waals surface area contributed by atoms with E-state index in [2.05, 4.69) is 20.6 Å². The number of carbonyl (C=O) groups excluding carboxylic acids is 1. The second kappa shape index (κ2) is 6.47. The number of hydrogen-bond acceptors (Lipinski definition) is 7. The average Bonchev–Trinajstić information content (AvgIpc) is 2.38. The van der Waals surface area contributed by atoms with Gasteiger partial charge in [0.05, 0.1) is 11.5 Å². The second-order valence-corrected chi connectivity index (χ2v) is 3.71. The Kier molecular flexibility index (Phi) is 4.98.